The summed E-state index contributed by atoms with van der Waals surface area (Å²) in [6, 6.07) is 15.6. The molecule has 2 aromatic heterocycles. The van der Waals surface area contributed by atoms with Crippen molar-refractivity contribution in [3.8, 4) is 0 Å². The molecule has 0 saturated heterocycles. The Balaban J connectivity index is 1.78. The summed E-state index contributed by atoms with van der Waals surface area (Å²) in [5.41, 5.74) is 9.20. The van der Waals surface area contributed by atoms with Crippen molar-refractivity contribution >= 4 is 18.1 Å². The molecule has 0 bridgehead atoms. The summed E-state index contributed by atoms with van der Waals surface area (Å²) in [4.78, 5) is 0. The van der Waals surface area contributed by atoms with Crippen molar-refractivity contribution in [1.82, 2.24) is 9.13 Å². The molecular weight excluding hydrogens is 308 g/mol. The van der Waals surface area contributed by atoms with Crippen molar-refractivity contribution in [3.63, 3.8) is 0 Å². The molecule has 5 heterocycles. The average Bonchev–Trinajstić information content (AvgIpc) is 3.30. The fourth-order valence-electron chi connectivity index (χ4n) is 5.09. The third kappa shape index (κ3) is 1.30. The van der Waals surface area contributed by atoms with Crippen LogP contribution in [0.4, 0.5) is 5.69 Å². The SMILES string of the molecule is Cc1cccc(C)c1[N+]1=Cc2ccc3n2[C@@]12n1c(ccc1C3)C=[N+]2C. The lowest BCUT2D eigenvalue weighted by Gasteiger charge is -2.29. The van der Waals surface area contributed by atoms with Crippen molar-refractivity contribution in [2.24, 2.45) is 0 Å². The van der Waals surface area contributed by atoms with E-state index in [1.165, 1.54) is 39.6 Å². The first-order chi connectivity index (χ1) is 12.1. The zero-order valence-electron chi connectivity index (χ0n) is 14.7. The van der Waals surface area contributed by atoms with E-state index >= 15 is 0 Å². The van der Waals surface area contributed by atoms with Crippen LogP contribution < -0.4 is 0 Å². The van der Waals surface area contributed by atoms with E-state index in [2.05, 4.69) is 94.1 Å². The highest BCUT2D eigenvalue weighted by molar-refractivity contribution is 5.80. The molecular formula is C21H20N4+2. The number of benzene rings is 1. The topological polar surface area (TPSA) is 15.9 Å². The van der Waals surface area contributed by atoms with Gasteiger partial charge in [0.25, 0.3) is 0 Å². The number of hydrogen-bond donors (Lipinski definition) is 0. The van der Waals surface area contributed by atoms with Gasteiger partial charge in [0.15, 0.2) is 6.21 Å². The van der Waals surface area contributed by atoms with E-state index in [1.54, 1.807) is 0 Å². The minimum absolute atomic E-state index is 0.378. The summed E-state index contributed by atoms with van der Waals surface area (Å²) in [6.07, 6.45) is 5.56. The highest BCUT2D eigenvalue weighted by atomic mass is 15.6. The van der Waals surface area contributed by atoms with E-state index in [1.807, 2.05) is 0 Å². The van der Waals surface area contributed by atoms with Crippen LogP contribution in [0.25, 0.3) is 0 Å². The van der Waals surface area contributed by atoms with Crippen LogP contribution in [0.1, 0.15) is 33.9 Å². The first kappa shape index (κ1) is 13.4. The molecule has 1 spiro atoms. The molecule has 0 aliphatic carbocycles. The van der Waals surface area contributed by atoms with E-state index in [0.29, 0.717) is 0 Å². The molecule has 0 saturated carbocycles. The number of aryl methyl sites for hydroxylation is 2. The van der Waals surface area contributed by atoms with Gasteiger partial charge in [0, 0.05) is 28.9 Å². The second-order valence-corrected chi connectivity index (χ2v) is 7.43. The van der Waals surface area contributed by atoms with E-state index in [9.17, 15) is 0 Å². The van der Waals surface area contributed by atoms with Gasteiger partial charge in [-0.05, 0) is 38.1 Å². The van der Waals surface area contributed by atoms with Gasteiger partial charge < -0.3 is 0 Å². The molecule has 0 unspecified atom stereocenters. The zero-order chi connectivity index (χ0) is 16.9. The summed E-state index contributed by atoms with van der Waals surface area (Å²) < 4.78 is 9.82. The normalized spacial score (nSPS) is 21.9. The summed E-state index contributed by atoms with van der Waals surface area (Å²) in [5, 5.41) is 0. The third-order valence-corrected chi connectivity index (χ3v) is 6.01. The van der Waals surface area contributed by atoms with Gasteiger partial charge in [-0.1, -0.05) is 22.8 Å². The maximum Gasteiger partial charge on any atom is 0.547 e. The molecule has 0 N–H and O–H groups in total. The van der Waals surface area contributed by atoms with Gasteiger partial charge in [-0.25, -0.2) is 0 Å². The van der Waals surface area contributed by atoms with Crippen LogP contribution >= 0.6 is 0 Å². The summed E-state index contributed by atoms with van der Waals surface area (Å²) >= 11 is 0. The van der Waals surface area contributed by atoms with Crippen LogP contribution in [0.3, 0.4) is 0 Å². The lowest BCUT2D eigenvalue weighted by molar-refractivity contribution is -0.820. The summed E-state index contributed by atoms with van der Waals surface area (Å²) in [6.45, 7) is 4.42. The smallest absolute Gasteiger partial charge is 0.198 e. The lowest BCUT2D eigenvalue weighted by Crippen LogP contribution is -2.55. The number of aromatic nitrogens is 2. The fraction of sp³-hybridized carbons (Fsp3) is 0.238. The predicted octanol–water partition coefficient (Wildman–Crippen LogP) is 2.78. The molecule has 4 nitrogen and oxygen atoms in total. The van der Waals surface area contributed by atoms with Crippen LogP contribution in [-0.2, 0) is 12.3 Å². The quantitative estimate of drug-likeness (QED) is 0.611. The molecule has 0 radical (unpaired) electrons. The van der Waals surface area contributed by atoms with E-state index < -0.39 is 0 Å². The molecule has 1 aromatic carbocycles. The second-order valence-electron chi connectivity index (χ2n) is 7.43. The van der Waals surface area contributed by atoms with Crippen LogP contribution in [0, 0.1) is 13.8 Å². The van der Waals surface area contributed by atoms with Crippen molar-refractivity contribution in [3.05, 3.63) is 76.4 Å². The molecule has 3 aromatic rings. The fourth-order valence-corrected chi connectivity index (χ4v) is 5.09. The zero-order valence-corrected chi connectivity index (χ0v) is 14.7. The highest BCUT2D eigenvalue weighted by Crippen LogP contribution is 2.44. The van der Waals surface area contributed by atoms with Crippen molar-refractivity contribution < 1.29 is 9.15 Å². The monoisotopic (exact) mass is 328 g/mol. The molecule has 0 amide bonds. The Bertz CT molecular complexity index is 1120. The number of nitrogens with zero attached hydrogens (tertiary/aromatic N) is 4. The van der Waals surface area contributed by atoms with Gasteiger partial charge in [-0.2, -0.15) is 9.13 Å². The summed E-state index contributed by atoms with van der Waals surface area (Å²) in [5.74, 6) is -0.378. The Morgan fingerprint density at radius 2 is 1.44 bits per heavy atom. The van der Waals surface area contributed by atoms with Crippen molar-refractivity contribution in [2.75, 3.05) is 7.05 Å². The van der Waals surface area contributed by atoms with Gasteiger partial charge in [0.2, 0.25) is 11.9 Å². The summed E-state index contributed by atoms with van der Waals surface area (Å²) in [7, 11) is 2.19. The maximum absolute atomic E-state index is 2.50. The molecule has 3 aliphatic heterocycles. The third-order valence-electron chi connectivity index (χ3n) is 6.01. The van der Waals surface area contributed by atoms with Crippen LogP contribution in [-0.4, -0.2) is 37.8 Å². The molecule has 1 atom stereocenters. The Kier molecular flexibility index (Phi) is 2.16. The standard InChI is InChI=1S/C21H20N4/c1-14-5-4-6-15(2)20(14)23-13-19-10-8-17-11-16-7-9-18-12-22(3)21(23,24(16)18)25(17)19/h4-10,12-13H,11H2,1-3H3/q+2/t21-/m1/s1. The minimum Gasteiger partial charge on any atom is -0.198 e. The maximum atomic E-state index is 2.50. The first-order valence-corrected chi connectivity index (χ1v) is 8.83. The van der Waals surface area contributed by atoms with Gasteiger partial charge >= 0.3 is 5.91 Å². The van der Waals surface area contributed by atoms with Crippen molar-refractivity contribution in [1.29, 1.82) is 0 Å². The first-order valence-electron chi connectivity index (χ1n) is 8.83. The molecule has 3 aliphatic rings. The Morgan fingerprint density at radius 3 is 2.08 bits per heavy atom. The van der Waals surface area contributed by atoms with E-state index in [-0.39, 0.29) is 5.91 Å². The second kappa shape index (κ2) is 4.02. The lowest BCUT2D eigenvalue weighted by atomic mass is 10.1. The molecule has 0 fully saturated rings. The predicted molar refractivity (Wildman–Crippen MR) is 97.4 cm³/mol. The minimum atomic E-state index is -0.378. The van der Waals surface area contributed by atoms with Crippen LogP contribution in [0.5, 0.6) is 0 Å². The largest absolute Gasteiger partial charge is 0.547 e. The number of hydrogen-bond acceptors (Lipinski definition) is 0. The van der Waals surface area contributed by atoms with Crippen molar-refractivity contribution in [2.45, 2.75) is 26.2 Å². The molecule has 122 valence electrons. The molecule has 4 heteroatoms. The molecule has 6 rings (SSSR count). The van der Waals surface area contributed by atoms with Gasteiger partial charge in [0.1, 0.15) is 18.4 Å². The van der Waals surface area contributed by atoms with E-state index in [4.69, 9.17) is 0 Å². The van der Waals surface area contributed by atoms with Crippen LogP contribution in [0.15, 0.2) is 42.5 Å². The van der Waals surface area contributed by atoms with Crippen LogP contribution in [0.2, 0.25) is 0 Å². The van der Waals surface area contributed by atoms with E-state index in [0.717, 1.165) is 6.42 Å². The van der Waals surface area contributed by atoms with Gasteiger partial charge in [0.05, 0.1) is 0 Å². The highest BCUT2D eigenvalue weighted by Gasteiger charge is 2.67. The number of rotatable bonds is 1. The Hall–Kier alpha value is -2.88. The number of para-hydroxylation sites is 1. The molecule has 25 heavy (non-hydrogen) atoms. The van der Waals surface area contributed by atoms with Gasteiger partial charge in [-0.15, -0.1) is 4.58 Å². The van der Waals surface area contributed by atoms with Gasteiger partial charge in [-0.3, -0.25) is 0 Å². The Morgan fingerprint density at radius 1 is 0.840 bits per heavy atom. The average molecular weight is 328 g/mol. The Labute approximate surface area is 146 Å².